The number of hydrogen-bond donors (Lipinski definition) is 0. The zero-order valence-corrected chi connectivity index (χ0v) is 9.33. The molecule has 0 radical (unpaired) electrons. The Labute approximate surface area is 104 Å². The van der Waals surface area contributed by atoms with Gasteiger partial charge in [-0.25, -0.2) is 0 Å². The molecule has 0 bridgehead atoms. The Morgan fingerprint density at radius 1 is 1.37 bits per heavy atom. The summed E-state index contributed by atoms with van der Waals surface area (Å²) in [6.07, 6.45) is -0.359. The van der Waals surface area contributed by atoms with Crippen molar-refractivity contribution in [3.8, 4) is 0 Å². The van der Waals surface area contributed by atoms with Crippen LogP contribution in [0.5, 0.6) is 0 Å². The van der Waals surface area contributed by atoms with E-state index >= 15 is 0 Å². The number of aromatic nitrogens is 3. The topological polar surface area (TPSA) is 73.8 Å². The quantitative estimate of drug-likeness (QED) is 0.634. The lowest BCUT2D eigenvalue weighted by Crippen LogP contribution is -2.12. The molecule has 0 N–H and O–H groups in total. The van der Waals surface area contributed by atoms with Gasteiger partial charge < -0.3 is 0 Å². The van der Waals surface area contributed by atoms with Gasteiger partial charge in [0, 0.05) is 18.0 Å². The molecule has 0 unspecified atom stereocenters. The molecule has 2 heterocycles. The van der Waals surface area contributed by atoms with Crippen molar-refractivity contribution in [2.75, 3.05) is 0 Å². The van der Waals surface area contributed by atoms with Crippen molar-refractivity contribution in [3.05, 3.63) is 52.1 Å². The minimum Gasteiger partial charge on any atom is -0.264 e. The molecule has 0 aromatic carbocycles. The van der Waals surface area contributed by atoms with Crippen LogP contribution in [0.15, 0.2) is 30.9 Å². The second-order valence-corrected chi connectivity index (χ2v) is 3.68. The normalized spacial score (nSPS) is 11.5. The fourth-order valence-corrected chi connectivity index (χ4v) is 1.54. The van der Waals surface area contributed by atoms with Crippen molar-refractivity contribution in [2.24, 2.45) is 0 Å². The second kappa shape index (κ2) is 4.67. The molecule has 0 saturated carbocycles. The number of hydrogen-bond acceptors (Lipinski definition) is 4. The number of nitro groups is 1. The van der Waals surface area contributed by atoms with E-state index in [9.17, 15) is 23.3 Å². The Bertz CT molecular complexity index is 609. The second-order valence-electron chi connectivity index (χ2n) is 3.68. The van der Waals surface area contributed by atoms with E-state index in [4.69, 9.17) is 0 Å². The van der Waals surface area contributed by atoms with Gasteiger partial charge in [-0.3, -0.25) is 19.8 Å². The third kappa shape index (κ3) is 2.87. The molecule has 100 valence electrons. The van der Waals surface area contributed by atoms with Gasteiger partial charge in [-0.1, -0.05) is 0 Å². The van der Waals surface area contributed by atoms with Crippen molar-refractivity contribution >= 4 is 5.69 Å². The minimum atomic E-state index is -4.50. The molecule has 0 saturated heterocycles. The van der Waals surface area contributed by atoms with Gasteiger partial charge in [0.15, 0.2) is 0 Å². The first-order valence-electron chi connectivity index (χ1n) is 5.05. The Hall–Kier alpha value is -2.45. The third-order valence-corrected chi connectivity index (χ3v) is 2.37. The van der Waals surface area contributed by atoms with Gasteiger partial charge in [-0.15, -0.1) is 0 Å². The Kier molecular flexibility index (Phi) is 3.19. The van der Waals surface area contributed by atoms with Crippen LogP contribution in [0.25, 0.3) is 0 Å². The van der Waals surface area contributed by atoms with Gasteiger partial charge in [-0.2, -0.15) is 18.3 Å². The molecule has 0 aliphatic carbocycles. The van der Waals surface area contributed by atoms with Gasteiger partial charge >= 0.3 is 11.9 Å². The number of halogens is 3. The Balaban J connectivity index is 2.30. The number of nitrogens with zero attached hydrogens (tertiary/aromatic N) is 4. The number of rotatable bonds is 3. The highest BCUT2D eigenvalue weighted by Gasteiger charge is 2.33. The smallest absolute Gasteiger partial charge is 0.264 e. The highest BCUT2D eigenvalue weighted by molar-refractivity contribution is 5.27. The van der Waals surface area contributed by atoms with Gasteiger partial charge in [0.2, 0.25) is 0 Å². The summed E-state index contributed by atoms with van der Waals surface area (Å²) in [7, 11) is 0. The van der Waals surface area contributed by atoms with E-state index in [1.54, 1.807) is 0 Å². The van der Waals surface area contributed by atoms with Crippen LogP contribution in [0.1, 0.15) is 11.1 Å². The maximum Gasteiger partial charge on any atom is 0.416 e. The molecular weight excluding hydrogens is 265 g/mol. The van der Waals surface area contributed by atoms with Crippen molar-refractivity contribution in [2.45, 2.75) is 12.7 Å². The predicted molar refractivity (Wildman–Crippen MR) is 57.2 cm³/mol. The fraction of sp³-hybridized carbons (Fsp3) is 0.200. The van der Waals surface area contributed by atoms with E-state index in [-0.39, 0.29) is 17.8 Å². The maximum absolute atomic E-state index is 12.7. The van der Waals surface area contributed by atoms with Crippen LogP contribution >= 0.6 is 0 Å². The molecule has 19 heavy (non-hydrogen) atoms. The van der Waals surface area contributed by atoms with Crippen LogP contribution in [0, 0.1) is 10.1 Å². The van der Waals surface area contributed by atoms with Gasteiger partial charge in [0.25, 0.3) is 0 Å². The molecular formula is C10H7F3N4O2. The Morgan fingerprint density at radius 3 is 2.68 bits per heavy atom. The summed E-state index contributed by atoms with van der Waals surface area (Å²) in [5.41, 5.74) is -1.22. The Morgan fingerprint density at radius 2 is 2.11 bits per heavy atom. The van der Waals surface area contributed by atoms with E-state index in [1.807, 2.05) is 0 Å². The van der Waals surface area contributed by atoms with Crippen LogP contribution in [0.3, 0.4) is 0 Å². The van der Waals surface area contributed by atoms with Gasteiger partial charge in [0.05, 0.1) is 17.0 Å². The zero-order chi connectivity index (χ0) is 14.0. The van der Waals surface area contributed by atoms with Crippen LogP contribution in [-0.2, 0) is 12.7 Å². The van der Waals surface area contributed by atoms with Crippen LogP contribution in [0.4, 0.5) is 18.9 Å². The zero-order valence-electron chi connectivity index (χ0n) is 9.33. The van der Waals surface area contributed by atoms with Gasteiger partial charge in [-0.05, 0) is 6.07 Å². The molecule has 2 aromatic heterocycles. The molecule has 9 heteroatoms. The SMILES string of the molecule is O=[N+]([O-])c1cnn(Cc2cnccc2C(F)(F)F)c1. The largest absolute Gasteiger partial charge is 0.416 e. The lowest BCUT2D eigenvalue weighted by atomic mass is 10.1. The minimum absolute atomic E-state index is 0.104. The first kappa shape index (κ1) is 13.0. The van der Waals surface area contributed by atoms with E-state index < -0.39 is 16.7 Å². The van der Waals surface area contributed by atoms with Crippen molar-refractivity contribution in [1.82, 2.24) is 14.8 Å². The first-order chi connectivity index (χ1) is 8.88. The highest BCUT2D eigenvalue weighted by atomic mass is 19.4. The fourth-order valence-electron chi connectivity index (χ4n) is 1.54. The first-order valence-corrected chi connectivity index (χ1v) is 5.05. The molecule has 2 rings (SSSR count). The summed E-state index contributed by atoms with van der Waals surface area (Å²) < 4.78 is 39.2. The summed E-state index contributed by atoms with van der Waals surface area (Å²) in [6.45, 7) is -0.240. The molecule has 0 spiro atoms. The van der Waals surface area contributed by atoms with Crippen LogP contribution in [-0.4, -0.2) is 19.7 Å². The summed E-state index contributed by atoms with van der Waals surface area (Å²) in [5, 5.41) is 14.1. The van der Waals surface area contributed by atoms with Crippen molar-refractivity contribution in [1.29, 1.82) is 0 Å². The molecule has 0 fully saturated rings. The van der Waals surface area contributed by atoms with Crippen molar-refractivity contribution < 1.29 is 18.1 Å². The summed E-state index contributed by atoms with van der Waals surface area (Å²) in [6, 6.07) is 0.854. The average Bonchev–Trinajstić information content (AvgIpc) is 2.77. The number of pyridine rings is 1. The molecule has 0 aliphatic rings. The number of alkyl halides is 3. The maximum atomic E-state index is 12.7. The molecule has 6 nitrogen and oxygen atoms in total. The summed E-state index contributed by atoms with van der Waals surface area (Å²) in [4.78, 5) is 13.4. The molecule has 0 amide bonds. The van der Waals surface area contributed by atoms with E-state index in [1.165, 1.54) is 0 Å². The lowest BCUT2D eigenvalue weighted by molar-refractivity contribution is -0.385. The van der Waals surface area contributed by atoms with E-state index in [0.717, 1.165) is 35.5 Å². The molecule has 0 aliphatic heterocycles. The third-order valence-electron chi connectivity index (χ3n) is 2.37. The monoisotopic (exact) mass is 272 g/mol. The van der Waals surface area contributed by atoms with E-state index in [2.05, 4.69) is 10.1 Å². The highest BCUT2D eigenvalue weighted by Crippen LogP contribution is 2.31. The average molecular weight is 272 g/mol. The lowest BCUT2D eigenvalue weighted by Gasteiger charge is -2.11. The van der Waals surface area contributed by atoms with Crippen LogP contribution < -0.4 is 0 Å². The standard InChI is InChI=1S/C10H7F3N4O2/c11-10(12,13)9-1-2-14-3-7(9)5-16-6-8(4-15-16)17(18)19/h1-4,6H,5H2. The van der Waals surface area contributed by atoms with E-state index in [0.29, 0.717) is 0 Å². The van der Waals surface area contributed by atoms with Crippen molar-refractivity contribution in [3.63, 3.8) is 0 Å². The van der Waals surface area contributed by atoms with Gasteiger partial charge in [0.1, 0.15) is 12.4 Å². The molecule has 2 aromatic rings. The molecule has 0 atom stereocenters. The van der Waals surface area contributed by atoms with Crippen LogP contribution in [0.2, 0.25) is 0 Å². The predicted octanol–water partition coefficient (Wildman–Crippen LogP) is 2.25. The summed E-state index contributed by atoms with van der Waals surface area (Å²) >= 11 is 0. The summed E-state index contributed by atoms with van der Waals surface area (Å²) in [5.74, 6) is 0.